The van der Waals surface area contributed by atoms with E-state index < -0.39 is 0 Å². The Morgan fingerprint density at radius 1 is 1.22 bits per heavy atom. The molecule has 2 rings (SSSR count). The molecule has 0 bridgehead atoms. The molecule has 0 aliphatic carbocycles. The first-order chi connectivity index (χ1) is 8.60. The molecule has 0 amide bonds. The molecular weight excluding hydrogens is 367 g/mol. The van der Waals surface area contributed by atoms with Crippen LogP contribution in [0.2, 0.25) is 0 Å². The lowest BCUT2D eigenvalue weighted by Crippen LogP contribution is -2.01. The molecule has 1 aromatic carbocycles. The molecule has 0 aliphatic heterocycles. The van der Waals surface area contributed by atoms with E-state index in [1.54, 1.807) is 19.3 Å². The molecule has 0 saturated carbocycles. The summed E-state index contributed by atoms with van der Waals surface area (Å²) in [7, 11) is 1.74. The first-order valence-electron chi connectivity index (χ1n) is 5.02. The Kier molecular flexibility index (Phi) is 4.13. The van der Waals surface area contributed by atoms with Crippen molar-refractivity contribution >= 4 is 49.3 Å². The minimum Gasteiger partial charge on any atom is -0.357 e. The van der Waals surface area contributed by atoms with Gasteiger partial charge in [0.25, 0.3) is 0 Å². The molecule has 0 unspecified atom stereocenters. The summed E-state index contributed by atoms with van der Waals surface area (Å²) in [5, 5.41) is 5.94. The number of hydrogen-bond acceptors (Lipinski definition) is 4. The smallest absolute Gasteiger partial charge is 0.224 e. The lowest BCUT2D eigenvalue weighted by atomic mass is 10.3. The largest absolute Gasteiger partial charge is 0.357 e. The second-order valence-corrected chi connectivity index (χ2v) is 5.10. The summed E-state index contributed by atoms with van der Waals surface area (Å²) in [6.45, 7) is 0. The van der Waals surface area contributed by atoms with Crippen LogP contribution >= 0.6 is 31.9 Å². The van der Waals surface area contributed by atoms with Crippen molar-refractivity contribution in [1.82, 2.24) is 9.97 Å². The maximum Gasteiger partial charge on any atom is 0.224 e. The normalized spacial score (nSPS) is 10.2. The predicted octanol–water partition coefficient (Wildman–Crippen LogP) is 3.93. The molecule has 0 saturated heterocycles. The van der Waals surface area contributed by atoms with Gasteiger partial charge in [0, 0.05) is 17.7 Å². The summed E-state index contributed by atoms with van der Waals surface area (Å²) in [5.41, 5.74) is 0.720. The number of halogens is 3. The van der Waals surface area contributed by atoms with Crippen LogP contribution in [0.25, 0.3) is 0 Å². The minimum absolute atomic E-state index is 0.301. The number of nitrogens with one attached hydrogen (secondary N) is 2. The van der Waals surface area contributed by atoms with Crippen LogP contribution in [0.5, 0.6) is 0 Å². The average molecular weight is 376 g/mol. The molecule has 1 aromatic heterocycles. The van der Waals surface area contributed by atoms with Crippen LogP contribution in [-0.2, 0) is 0 Å². The van der Waals surface area contributed by atoms with Crippen molar-refractivity contribution in [3.05, 3.63) is 39.2 Å². The summed E-state index contributed by atoms with van der Waals surface area (Å²) >= 11 is 6.64. The lowest BCUT2D eigenvalue weighted by molar-refractivity contribution is 0.627. The summed E-state index contributed by atoms with van der Waals surface area (Å²) < 4.78 is 14.3. The van der Waals surface area contributed by atoms with E-state index in [9.17, 15) is 4.39 Å². The van der Waals surface area contributed by atoms with Gasteiger partial charge >= 0.3 is 0 Å². The molecule has 7 heteroatoms. The quantitative estimate of drug-likeness (QED) is 0.853. The fourth-order valence-corrected chi connectivity index (χ4v) is 2.03. The Labute approximate surface area is 120 Å². The molecular formula is C11H9Br2FN4. The highest BCUT2D eigenvalue weighted by Gasteiger charge is 2.07. The van der Waals surface area contributed by atoms with Crippen molar-refractivity contribution in [2.45, 2.75) is 0 Å². The maximum atomic E-state index is 13.0. The monoisotopic (exact) mass is 374 g/mol. The standard InChI is InChI=1S/C11H9Br2FN4/c1-15-11-16-5-8(13)10(18-11)17-9-3-2-6(14)4-7(9)12/h2-5H,1H3,(H2,15,16,17,18). The van der Waals surface area contributed by atoms with Gasteiger partial charge in [-0.1, -0.05) is 0 Å². The van der Waals surface area contributed by atoms with Gasteiger partial charge in [-0.15, -0.1) is 0 Å². The maximum absolute atomic E-state index is 13.0. The zero-order valence-corrected chi connectivity index (χ0v) is 12.5. The van der Waals surface area contributed by atoms with Crippen molar-refractivity contribution in [1.29, 1.82) is 0 Å². The highest BCUT2D eigenvalue weighted by atomic mass is 79.9. The summed E-state index contributed by atoms with van der Waals surface area (Å²) in [6.07, 6.45) is 1.64. The summed E-state index contributed by atoms with van der Waals surface area (Å²) in [4.78, 5) is 8.31. The van der Waals surface area contributed by atoms with Crippen molar-refractivity contribution in [3.63, 3.8) is 0 Å². The molecule has 2 aromatic rings. The molecule has 1 heterocycles. The SMILES string of the molecule is CNc1ncc(Br)c(Nc2ccc(F)cc2Br)n1. The van der Waals surface area contributed by atoms with Gasteiger partial charge < -0.3 is 10.6 Å². The van der Waals surface area contributed by atoms with Crippen LogP contribution in [0, 0.1) is 5.82 Å². The van der Waals surface area contributed by atoms with Crippen molar-refractivity contribution < 1.29 is 4.39 Å². The minimum atomic E-state index is -0.301. The Hall–Kier alpha value is -1.21. The number of anilines is 3. The van der Waals surface area contributed by atoms with Crippen LogP contribution in [0.15, 0.2) is 33.3 Å². The van der Waals surface area contributed by atoms with Crippen LogP contribution in [0.1, 0.15) is 0 Å². The second kappa shape index (κ2) is 5.62. The molecule has 0 fully saturated rings. The third-order valence-corrected chi connectivity index (χ3v) is 3.39. The lowest BCUT2D eigenvalue weighted by Gasteiger charge is -2.10. The Morgan fingerprint density at radius 2 is 2.00 bits per heavy atom. The van der Waals surface area contributed by atoms with Gasteiger partial charge in [-0.2, -0.15) is 4.98 Å². The zero-order chi connectivity index (χ0) is 13.1. The number of benzene rings is 1. The number of hydrogen-bond donors (Lipinski definition) is 2. The van der Waals surface area contributed by atoms with Gasteiger partial charge in [-0.3, -0.25) is 0 Å². The molecule has 2 N–H and O–H groups in total. The van der Waals surface area contributed by atoms with Crippen LogP contribution in [0.3, 0.4) is 0 Å². The van der Waals surface area contributed by atoms with Crippen LogP contribution in [0.4, 0.5) is 21.8 Å². The van der Waals surface area contributed by atoms with Crippen molar-refractivity contribution in [3.8, 4) is 0 Å². The van der Waals surface area contributed by atoms with Crippen LogP contribution in [-0.4, -0.2) is 17.0 Å². The van der Waals surface area contributed by atoms with E-state index in [1.165, 1.54) is 12.1 Å². The molecule has 18 heavy (non-hydrogen) atoms. The summed E-state index contributed by atoms with van der Waals surface area (Å²) in [6, 6.07) is 4.39. The Morgan fingerprint density at radius 3 is 2.67 bits per heavy atom. The molecule has 0 spiro atoms. The van der Waals surface area contributed by atoms with E-state index in [4.69, 9.17) is 0 Å². The number of aromatic nitrogens is 2. The van der Waals surface area contributed by atoms with Gasteiger partial charge in [0.2, 0.25) is 5.95 Å². The second-order valence-electron chi connectivity index (χ2n) is 3.39. The zero-order valence-electron chi connectivity index (χ0n) is 9.34. The van der Waals surface area contributed by atoms with E-state index >= 15 is 0 Å². The number of nitrogens with zero attached hydrogens (tertiary/aromatic N) is 2. The molecule has 4 nitrogen and oxygen atoms in total. The van der Waals surface area contributed by atoms with Crippen molar-refractivity contribution in [2.24, 2.45) is 0 Å². The number of rotatable bonds is 3. The topological polar surface area (TPSA) is 49.8 Å². The van der Waals surface area contributed by atoms with Crippen molar-refractivity contribution in [2.75, 3.05) is 17.7 Å². The van der Waals surface area contributed by atoms with Gasteiger partial charge in [-0.25, -0.2) is 9.37 Å². The van der Waals surface area contributed by atoms with Gasteiger partial charge in [0.15, 0.2) is 0 Å². The Balaban J connectivity index is 2.33. The molecule has 94 valence electrons. The van der Waals surface area contributed by atoms with E-state index in [0.717, 1.165) is 10.2 Å². The third kappa shape index (κ3) is 2.97. The molecule has 0 radical (unpaired) electrons. The average Bonchev–Trinajstić information content (AvgIpc) is 2.35. The van der Waals surface area contributed by atoms with E-state index in [1.807, 2.05) is 0 Å². The van der Waals surface area contributed by atoms with Gasteiger partial charge in [-0.05, 0) is 50.1 Å². The first kappa shape index (κ1) is 13.2. The highest BCUT2D eigenvalue weighted by molar-refractivity contribution is 9.11. The Bertz CT molecular complexity index is 577. The summed E-state index contributed by atoms with van der Waals surface area (Å²) in [5.74, 6) is 0.797. The first-order valence-corrected chi connectivity index (χ1v) is 6.61. The van der Waals surface area contributed by atoms with Crippen LogP contribution < -0.4 is 10.6 Å². The van der Waals surface area contributed by atoms with E-state index in [-0.39, 0.29) is 5.82 Å². The van der Waals surface area contributed by atoms with Gasteiger partial charge in [0.05, 0.1) is 10.2 Å². The fourth-order valence-electron chi connectivity index (χ4n) is 1.29. The fraction of sp³-hybridized carbons (Fsp3) is 0.0909. The van der Waals surface area contributed by atoms with E-state index in [2.05, 4.69) is 52.5 Å². The molecule has 0 aliphatic rings. The highest BCUT2D eigenvalue weighted by Crippen LogP contribution is 2.29. The third-order valence-electron chi connectivity index (χ3n) is 2.15. The predicted molar refractivity (Wildman–Crippen MR) is 76.7 cm³/mol. The van der Waals surface area contributed by atoms with Gasteiger partial charge in [0.1, 0.15) is 11.6 Å². The van der Waals surface area contributed by atoms with E-state index in [0.29, 0.717) is 16.2 Å². The molecule has 0 atom stereocenters.